The maximum absolute atomic E-state index is 12.6. The van der Waals surface area contributed by atoms with Crippen LogP contribution in [0.5, 0.6) is 0 Å². The molecular formula is C22H18O3S. The molecule has 0 amide bonds. The van der Waals surface area contributed by atoms with Crippen LogP contribution in [-0.4, -0.2) is 13.5 Å². The monoisotopic (exact) mass is 362 g/mol. The largest absolute Gasteiger partial charge is 0.369 e. The van der Waals surface area contributed by atoms with Crippen molar-refractivity contribution in [1.29, 1.82) is 0 Å². The molecule has 0 aromatic heterocycles. The third-order valence-electron chi connectivity index (χ3n) is 4.08. The number of rotatable bonds is 3. The predicted molar refractivity (Wildman–Crippen MR) is 102 cm³/mol. The van der Waals surface area contributed by atoms with Crippen LogP contribution in [0.25, 0.3) is 0 Å². The Bertz CT molecular complexity index is 1000. The third-order valence-corrected chi connectivity index (χ3v) is 5.34. The summed E-state index contributed by atoms with van der Waals surface area (Å²) in [6.45, 7) is 1.88. The number of benzene rings is 3. The van der Waals surface area contributed by atoms with E-state index in [1.807, 2.05) is 19.1 Å². The van der Waals surface area contributed by atoms with Gasteiger partial charge in [-0.25, -0.2) is 8.42 Å². The van der Waals surface area contributed by atoms with E-state index in [1.54, 1.807) is 60.7 Å². The highest BCUT2D eigenvalue weighted by atomic mass is 32.2. The van der Waals surface area contributed by atoms with Gasteiger partial charge in [0.2, 0.25) is 9.84 Å². The first-order valence-corrected chi connectivity index (χ1v) is 9.59. The minimum absolute atomic E-state index is 0.110. The molecule has 3 aromatic rings. The lowest BCUT2D eigenvalue weighted by atomic mass is 9.87. The molecule has 0 unspecified atom stereocenters. The van der Waals surface area contributed by atoms with E-state index < -0.39 is 15.4 Å². The number of hydrogen-bond donors (Lipinski definition) is 1. The van der Waals surface area contributed by atoms with Gasteiger partial charge in [0.05, 0.1) is 4.90 Å². The first-order chi connectivity index (χ1) is 12.4. The van der Waals surface area contributed by atoms with Gasteiger partial charge in [0, 0.05) is 16.4 Å². The van der Waals surface area contributed by atoms with E-state index in [0.717, 1.165) is 5.56 Å². The lowest BCUT2D eigenvalue weighted by Gasteiger charge is -2.23. The molecule has 0 saturated carbocycles. The molecule has 0 saturated heterocycles. The highest BCUT2D eigenvalue weighted by Crippen LogP contribution is 2.29. The lowest BCUT2D eigenvalue weighted by Crippen LogP contribution is -2.25. The van der Waals surface area contributed by atoms with Crippen LogP contribution in [0.1, 0.15) is 16.7 Å². The summed E-state index contributed by atoms with van der Waals surface area (Å²) in [7, 11) is -3.85. The molecule has 3 rings (SSSR count). The zero-order valence-corrected chi connectivity index (χ0v) is 15.1. The zero-order chi connectivity index (χ0) is 18.6. The Balaban J connectivity index is 2.11. The average molecular weight is 362 g/mol. The van der Waals surface area contributed by atoms with Crippen LogP contribution in [0.3, 0.4) is 0 Å². The average Bonchev–Trinajstić information content (AvgIpc) is 2.68. The standard InChI is InChI=1S/C22H18O3S/c1-18-12-14-21(15-13-18)26(24,25)17-16-22(23,19-8-4-2-5-9-19)20-10-6-3-7-11-20/h2-15,23H,1H3. The van der Waals surface area contributed by atoms with E-state index in [-0.39, 0.29) is 4.90 Å². The Kier molecular flexibility index (Phi) is 4.94. The van der Waals surface area contributed by atoms with Gasteiger partial charge in [-0.05, 0) is 25.0 Å². The van der Waals surface area contributed by atoms with Crippen LogP contribution >= 0.6 is 0 Å². The first kappa shape index (κ1) is 17.9. The third kappa shape index (κ3) is 3.70. The second-order valence-electron chi connectivity index (χ2n) is 5.99. The van der Waals surface area contributed by atoms with Crippen molar-refractivity contribution in [3.8, 4) is 11.2 Å². The van der Waals surface area contributed by atoms with Crippen LogP contribution in [0.2, 0.25) is 0 Å². The van der Waals surface area contributed by atoms with Crippen LogP contribution in [0, 0.1) is 18.1 Å². The maximum Gasteiger partial charge on any atom is 0.245 e. The Hall–Kier alpha value is -2.87. The fraction of sp³-hybridized carbons (Fsp3) is 0.0909. The molecule has 3 aromatic carbocycles. The van der Waals surface area contributed by atoms with Gasteiger partial charge in [-0.3, -0.25) is 0 Å². The summed E-state index contributed by atoms with van der Waals surface area (Å²) >= 11 is 0. The van der Waals surface area contributed by atoms with Gasteiger partial charge in [-0.1, -0.05) is 78.4 Å². The van der Waals surface area contributed by atoms with E-state index >= 15 is 0 Å². The SMILES string of the molecule is Cc1ccc(S(=O)(=O)C#CC(O)(c2ccccc2)c2ccccc2)cc1. The van der Waals surface area contributed by atoms with E-state index in [2.05, 4.69) is 11.2 Å². The Labute approximate surface area is 153 Å². The van der Waals surface area contributed by atoms with Crippen molar-refractivity contribution in [2.45, 2.75) is 17.4 Å². The summed E-state index contributed by atoms with van der Waals surface area (Å²) in [5.74, 6) is 2.60. The fourth-order valence-electron chi connectivity index (χ4n) is 2.59. The first-order valence-electron chi connectivity index (χ1n) is 8.11. The lowest BCUT2D eigenvalue weighted by molar-refractivity contribution is 0.145. The predicted octanol–water partition coefficient (Wildman–Crippen LogP) is 3.67. The molecule has 3 nitrogen and oxygen atoms in total. The summed E-state index contributed by atoms with van der Waals surface area (Å²) in [4.78, 5) is 0.110. The number of aliphatic hydroxyl groups is 1. The van der Waals surface area contributed by atoms with Gasteiger partial charge in [0.1, 0.15) is 0 Å². The van der Waals surface area contributed by atoms with Gasteiger partial charge in [0.25, 0.3) is 0 Å². The molecular weight excluding hydrogens is 344 g/mol. The topological polar surface area (TPSA) is 54.4 Å². The molecule has 130 valence electrons. The van der Waals surface area contributed by atoms with Crippen molar-refractivity contribution >= 4 is 9.84 Å². The van der Waals surface area contributed by atoms with Crippen LogP contribution in [0.4, 0.5) is 0 Å². The van der Waals surface area contributed by atoms with E-state index in [1.165, 1.54) is 12.1 Å². The minimum Gasteiger partial charge on any atom is -0.369 e. The molecule has 0 heterocycles. The minimum atomic E-state index is -3.85. The normalized spacial score (nSPS) is 11.5. The molecule has 0 spiro atoms. The van der Waals surface area contributed by atoms with Gasteiger partial charge in [0.15, 0.2) is 5.60 Å². The molecule has 0 radical (unpaired) electrons. The van der Waals surface area contributed by atoms with Gasteiger partial charge < -0.3 is 5.11 Å². The van der Waals surface area contributed by atoms with Crippen LogP contribution < -0.4 is 0 Å². The summed E-state index contributed by atoms with van der Waals surface area (Å²) < 4.78 is 25.1. The van der Waals surface area contributed by atoms with Crippen molar-refractivity contribution in [1.82, 2.24) is 0 Å². The van der Waals surface area contributed by atoms with E-state index in [9.17, 15) is 13.5 Å². The summed E-state index contributed by atoms with van der Waals surface area (Å²) in [6, 6.07) is 24.1. The van der Waals surface area contributed by atoms with E-state index in [4.69, 9.17) is 0 Å². The van der Waals surface area contributed by atoms with Gasteiger partial charge >= 0.3 is 0 Å². The van der Waals surface area contributed by atoms with Gasteiger partial charge in [-0.2, -0.15) is 0 Å². The molecule has 26 heavy (non-hydrogen) atoms. The molecule has 0 aliphatic carbocycles. The smallest absolute Gasteiger partial charge is 0.245 e. The van der Waals surface area contributed by atoms with Crippen molar-refractivity contribution in [3.63, 3.8) is 0 Å². The van der Waals surface area contributed by atoms with Crippen molar-refractivity contribution in [2.24, 2.45) is 0 Å². The molecule has 0 atom stereocenters. The van der Waals surface area contributed by atoms with Crippen LogP contribution in [-0.2, 0) is 15.4 Å². The molecule has 0 bridgehead atoms. The molecule has 0 aliphatic heterocycles. The van der Waals surface area contributed by atoms with Crippen LogP contribution in [0.15, 0.2) is 89.8 Å². The quantitative estimate of drug-likeness (QED) is 0.571. The molecule has 0 fully saturated rings. The summed E-state index contributed by atoms with van der Waals surface area (Å²) in [6.07, 6.45) is 0. The van der Waals surface area contributed by atoms with Crippen molar-refractivity contribution in [3.05, 3.63) is 102 Å². The summed E-state index contributed by atoms with van der Waals surface area (Å²) in [5.41, 5.74) is 0.262. The molecule has 4 heteroatoms. The Morgan fingerprint density at radius 2 is 1.23 bits per heavy atom. The zero-order valence-electron chi connectivity index (χ0n) is 14.3. The van der Waals surface area contributed by atoms with Crippen molar-refractivity contribution in [2.75, 3.05) is 0 Å². The molecule has 1 N–H and O–H groups in total. The second-order valence-corrected chi connectivity index (χ2v) is 7.67. The Morgan fingerprint density at radius 1 is 0.769 bits per heavy atom. The second kappa shape index (κ2) is 7.17. The number of hydrogen-bond acceptors (Lipinski definition) is 3. The van der Waals surface area contributed by atoms with E-state index in [0.29, 0.717) is 11.1 Å². The number of aryl methyl sites for hydroxylation is 1. The molecule has 0 aliphatic rings. The highest BCUT2D eigenvalue weighted by molar-refractivity contribution is 7.96. The highest BCUT2D eigenvalue weighted by Gasteiger charge is 2.30. The number of sulfone groups is 1. The Morgan fingerprint density at radius 3 is 1.69 bits per heavy atom. The summed E-state index contributed by atoms with van der Waals surface area (Å²) in [5, 5.41) is 13.6. The fourth-order valence-corrected chi connectivity index (χ4v) is 3.48. The van der Waals surface area contributed by atoms with Gasteiger partial charge in [-0.15, -0.1) is 0 Å². The van der Waals surface area contributed by atoms with Crippen molar-refractivity contribution < 1.29 is 13.5 Å². The maximum atomic E-state index is 12.6.